The minimum atomic E-state index is -0.264. The molecule has 0 aliphatic carbocycles. The second-order valence-electron chi connectivity index (χ2n) is 5.16. The lowest BCUT2D eigenvalue weighted by Gasteiger charge is -2.09. The molecule has 3 rings (SSSR count). The summed E-state index contributed by atoms with van der Waals surface area (Å²) < 4.78 is 14.3. The molecule has 7 heteroatoms. The molecule has 0 aliphatic heterocycles. The van der Waals surface area contributed by atoms with Crippen molar-refractivity contribution in [2.75, 3.05) is 11.1 Å². The van der Waals surface area contributed by atoms with Gasteiger partial charge in [-0.1, -0.05) is 6.07 Å². The molecule has 0 atom stereocenters. The highest BCUT2D eigenvalue weighted by Gasteiger charge is 2.06. The summed E-state index contributed by atoms with van der Waals surface area (Å²) in [7, 11) is 0. The summed E-state index contributed by atoms with van der Waals surface area (Å²) in [6.07, 6.45) is 3.45. The van der Waals surface area contributed by atoms with E-state index in [0.29, 0.717) is 22.8 Å². The molecule has 0 saturated carbocycles. The molecule has 0 aliphatic rings. The number of hydrogen-bond donors (Lipinski definition) is 2. The van der Waals surface area contributed by atoms with E-state index in [1.165, 1.54) is 6.07 Å². The molecule has 0 spiro atoms. The first-order valence-corrected chi connectivity index (χ1v) is 8.28. The molecule has 2 aromatic heterocycles. The van der Waals surface area contributed by atoms with E-state index in [-0.39, 0.29) is 11.8 Å². The van der Waals surface area contributed by atoms with Crippen molar-refractivity contribution in [3.8, 4) is 0 Å². The number of benzene rings is 1. The van der Waals surface area contributed by atoms with Crippen LogP contribution in [0.4, 0.5) is 21.8 Å². The monoisotopic (exact) mass is 341 g/mol. The molecular weight excluding hydrogens is 325 g/mol. The fourth-order valence-electron chi connectivity index (χ4n) is 2.14. The molecule has 3 aromatic rings. The van der Waals surface area contributed by atoms with E-state index < -0.39 is 0 Å². The lowest BCUT2D eigenvalue weighted by molar-refractivity contribution is 0.618. The van der Waals surface area contributed by atoms with Crippen LogP contribution in [0, 0.1) is 12.7 Å². The van der Waals surface area contributed by atoms with E-state index in [1.54, 1.807) is 36.3 Å². The molecule has 3 N–H and O–H groups in total. The Bertz CT molecular complexity index is 821. The number of nitrogens with zero attached hydrogens (tertiary/aromatic N) is 3. The van der Waals surface area contributed by atoms with Crippen LogP contribution < -0.4 is 11.1 Å². The third-order valence-electron chi connectivity index (χ3n) is 3.24. The van der Waals surface area contributed by atoms with Gasteiger partial charge >= 0.3 is 0 Å². The first-order chi connectivity index (χ1) is 11.6. The predicted molar refractivity (Wildman–Crippen MR) is 94.7 cm³/mol. The SMILES string of the molecule is Cc1cc(Nc2ccc(CSc3ccncc3)c(F)c2)nc(N)n1. The highest BCUT2D eigenvalue weighted by molar-refractivity contribution is 7.98. The van der Waals surface area contributed by atoms with Crippen LogP contribution in [0.15, 0.2) is 53.7 Å². The molecule has 24 heavy (non-hydrogen) atoms. The lowest BCUT2D eigenvalue weighted by atomic mass is 10.2. The van der Waals surface area contributed by atoms with Crippen LogP contribution in [0.25, 0.3) is 0 Å². The summed E-state index contributed by atoms with van der Waals surface area (Å²) in [5, 5.41) is 3.04. The van der Waals surface area contributed by atoms with Gasteiger partial charge in [-0.2, -0.15) is 4.98 Å². The van der Waals surface area contributed by atoms with Gasteiger partial charge in [0.05, 0.1) is 0 Å². The minimum absolute atomic E-state index is 0.184. The number of nitrogens with two attached hydrogens (primary N) is 1. The van der Waals surface area contributed by atoms with Crippen molar-refractivity contribution in [1.82, 2.24) is 15.0 Å². The predicted octanol–water partition coefficient (Wildman–Crippen LogP) is 3.94. The normalized spacial score (nSPS) is 10.6. The number of thioether (sulfide) groups is 1. The van der Waals surface area contributed by atoms with E-state index in [2.05, 4.69) is 20.3 Å². The second kappa shape index (κ2) is 7.27. The molecular formula is C17H16FN5S. The van der Waals surface area contributed by atoms with E-state index in [9.17, 15) is 4.39 Å². The molecule has 5 nitrogen and oxygen atoms in total. The number of pyridine rings is 1. The zero-order valence-electron chi connectivity index (χ0n) is 13.0. The van der Waals surface area contributed by atoms with E-state index in [4.69, 9.17) is 5.73 Å². The van der Waals surface area contributed by atoms with Crippen molar-refractivity contribution in [2.45, 2.75) is 17.6 Å². The maximum atomic E-state index is 14.3. The number of aryl methyl sites for hydroxylation is 1. The first kappa shape index (κ1) is 16.2. The molecule has 0 amide bonds. The van der Waals surface area contributed by atoms with Crippen molar-refractivity contribution in [3.05, 3.63) is 65.9 Å². The number of hydrogen-bond acceptors (Lipinski definition) is 6. The molecule has 1 aromatic carbocycles. The second-order valence-corrected chi connectivity index (χ2v) is 6.20. The number of nitrogen functional groups attached to an aromatic ring is 1. The maximum Gasteiger partial charge on any atom is 0.222 e. The third kappa shape index (κ3) is 4.20. The number of rotatable bonds is 5. The highest BCUT2D eigenvalue weighted by Crippen LogP contribution is 2.25. The van der Waals surface area contributed by atoms with Gasteiger partial charge < -0.3 is 11.1 Å². The van der Waals surface area contributed by atoms with Gasteiger partial charge in [0.15, 0.2) is 0 Å². The highest BCUT2D eigenvalue weighted by atomic mass is 32.2. The van der Waals surface area contributed by atoms with Crippen molar-refractivity contribution >= 4 is 29.2 Å². The summed E-state index contributed by atoms with van der Waals surface area (Å²) in [5.41, 5.74) is 7.62. The Kier molecular flexibility index (Phi) is 4.90. The van der Waals surface area contributed by atoms with Gasteiger partial charge in [0.1, 0.15) is 11.6 Å². The molecule has 0 saturated heterocycles. The van der Waals surface area contributed by atoms with Crippen molar-refractivity contribution in [3.63, 3.8) is 0 Å². The fraction of sp³-hybridized carbons (Fsp3) is 0.118. The van der Waals surface area contributed by atoms with Crippen LogP contribution in [0.1, 0.15) is 11.3 Å². The van der Waals surface area contributed by atoms with E-state index >= 15 is 0 Å². The Morgan fingerprint density at radius 3 is 2.62 bits per heavy atom. The summed E-state index contributed by atoms with van der Waals surface area (Å²) in [6, 6.07) is 10.6. The molecule has 0 bridgehead atoms. The number of aromatic nitrogens is 3. The largest absolute Gasteiger partial charge is 0.368 e. The number of halogens is 1. The van der Waals surface area contributed by atoms with Crippen molar-refractivity contribution in [2.24, 2.45) is 0 Å². The van der Waals surface area contributed by atoms with Gasteiger partial charge in [-0.15, -0.1) is 11.8 Å². The zero-order valence-corrected chi connectivity index (χ0v) is 13.8. The van der Waals surface area contributed by atoms with Gasteiger partial charge in [-0.3, -0.25) is 4.98 Å². The van der Waals surface area contributed by atoms with Gasteiger partial charge in [0, 0.05) is 40.5 Å². The van der Waals surface area contributed by atoms with Crippen molar-refractivity contribution < 1.29 is 4.39 Å². The van der Waals surface area contributed by atoms with Gasteiger partial charge in [-0.05, 0) is 36.8 Å². The van der Waals surface area contributed by atoms with Crippen LogP contribution in [0.2, 0.25) is 0 Å². The fourth-order valence-corrected chi connectivity index (χ4v) is 3.01. The van der Waals surface area contributed by atoms with Crippen LogP contribution in [0.3, 0.4) is 0 Å². The number of nitrogens with one attached hydrogen (secondary N) is 1. The minimum Gasteiger partial charge on any atom is -0.368 e. The first-order valence-electron chi connectivity index (χ1n) is 7.29. The maximum absolute atomic E-state index is 14.3. The topological polar surface area (TPSA) is 76.7 Å². The quantitative estimate of drug-likeness (QED) is 0.685. The van der Waals surface area contributed by atoms with Gasteiger partial charge in [0.2, 0.25) is 5.95 Å². The summed E-state index contributed by atoms with van der Waals surface area (Å²) in [4.78, 5) is 13.1. The molecule has 0 radical (unpaired) electrons. The average molecular weight is 341 g/mol. The molecule has 2 heterocycles. The van der Waals surface area contributed by atoms with Gasteiger partial charge in [0.25, 0.3) is 0 Å². The molecule has 122 valence electrons. The Hall–Kier alpha value is -2.67. The average Bonchev–Trinajstić information content (AvgIpc) is 2.54. The van der Waals surface area contributed by atoms with Crippen molar-refractivity contribution in [1.29, 1.82) is 0 Å². The lowest BCUT2D eigenvalue weighted by Crippen LogP contribution is -2.01. The van der Waals surface area contributed by atoms with Crippen LogP contribution in [-0.4, -0.2) is 15.0 Å². The van der Waals surface area contributed by atoms with E-state index in [1.807, 2.05) is 25.1 Å². The third-order valence-corrected chi connectivity index (χ3v) is 4.30. The summed E-state index contributed by atoms with van der Waals surface area (Å²) >= 11 is 1.56. The van der Waals surface area contributed by atoms with Crippen LogP contribution in [0.5, 0.6) is 0 Å². The van der Waals surface area contributed by atoms with Crippen LogP contribution in [-0.2, 0) is 5.75 Å². The number of anilines is 3. The standard InChI is InChI=1S/C17H16FN5S/c1-11-8-16(23-17(19)21-11)22-13-3-2-12(15(18)9-13)10-24-14-4-6-20-7-5-14/h2-9H,10H2,1H3,(H3,19,21,22,23). The molecule has 0 fully saturated rings. The Morgan fingerprint density at radius 1 is 1.12 bits per heavy atom. The summed E-state index contributed by atoms with van der Waals surface area (Å²) in [6.45, 7) is 1.82. The smallest absolute Gasteiger partial charge is 0.222 e. The Morgan fingerprint density at radius 2 is 1.92 bits per heavy atom. The molecule has 0 unspecified atom stereocenters. The Balaban J connectivity index is 1.70. The van der Waals surface area contributed by atoms with Crippen LogP contribution >= 0.6 is 11.8 Å². The van der Waals surface area contributed by atoms with E-state index in [0.717, 1.165) is 10.6 Å². The summed E-state index contributed by atoms with van der Waals surface area (Å²) in [5.74, 6) is 1.01. The zero-order chi connectivity index (χ0) is 16.9. The van der Waals surface area contributed by atoms with Gasteiger partial charge in [-0.25, -0.2) is 9.37 Å². The Labute approximate surface area is 143 Å².